The number of benzene rings is 1. The molecule has 3 N–H and O–H groups in total. The maximum atomic E-state index is 4.31. The number of aromatic nitrogens is 2. The minimum absolute atomic E-state index is 0. The largest absolute Gasteiger partial charge is 0.354 e. The van der Waals surface area contributed by atoms with Gasteiger partial charge in [-0.2, -0.15) is 5.10 Å². The Kier molecular flexibility index (Phi) is 8.20. The fraction of sp³-hybridized carbons (Fsp3) is 0.444. The summed E-state index contributed by atoms with van der Waals surface area (Å²) in [5.41, 5.74) is 2.44. The van der Waals surface area contributed by atoms with Crippen LogP contribution in [0.2, 0.25) is 0 Å². The molecule has 0 aliphatic carbocycles. The Balaban J connectivity index is 0.00000225. The molecule has 1 aromatic heterocycles. The Morgan fingerprint density at radius 1 is 1.24 bits per heavy atom. The number of H-pyrrole nitrogens is 1. The van der Waals surface area contributed by atoms with Gasteiger partial charge in [-0.1, -0.05) is 30.3 Å². The van der Waals surface area contributed by atoms with Crippen molar-refractivity contribution in [3.8, 4) is 0 Å². The smallest absolute Gasteiger partial charge is 0.191 e. The third-order valence-corrected chi connectivity index (χ3v) is 4.41. The topological polar surface area (TPSA) is 68.3 Å². The van der Waals surface area contributed by atoms with Gasteiger partial charge in [0, 0.05) is 38.9 Å². The zero-order valence-corrected chi connectivity index (χ0v) is 16.9. The van der Waals surface area contributed by atoms with Crippen LogP contribution >= 0.6 is 24.0 Å². The van der Waals surface area contributed by atoms with Crippen molar-refractivity contribution < 1.29 is 0 Å². The van der Waals surface area contributed by atoms with Gasteiger partial charge < -0.3 is 10.6 Å². The average molecular weight is 454 g/mol. The number of hydrogen-bond donors (Lipinski definition) is 3. The zero-order valence-electron chi connectivity index (χ0n) is 14.6. The standard InChI is InChI=1S/C18H26N6.HI/c1-19-18(20-13-17-7-10-21-23-17)22-16-8-11-24(12-9-16)14-15-5-3-2-4-6-15;/h2-7,10,16H,8-9,11-14H2,1H3,(H,21,23)(H2,19,20,22);1H. The van der Waals surface area contributed by atoms with Crippen molar-refractivity contribution in [1.82, 2.24) is 25.7 Å². The van der Waals surface area contributed by atoms with E-state index in [4.69, 9.17) is 0 Å². The summed E-state index contributed by atoms with van der Waals surface area (Å²) in [7, 11) is 1.81. The number of piperidine rings is 1. The molecule has 1 saturated heterocycles. The predicted octanol–water partition coefficient (Wildman–Crippen LogP) is 2.36. The van der Waals surface area contributed by atoms with Gasteiger partial charge in [0.05, 0.1) is 12.2 Å². The summed E-state index contributed by atoms with van der Waals surface area (Å²) in [4.78, 5) is 6.84. The maximum Gasteiger partial charge on any atom is 0.191 e. The number of nitrogens with one attached hydrogen (secondary N) is 3. The molecule has 0 spiro atoms. The first-order valence-corrected chi connectivity index (χ1v) is 8.55. The van der Waals surface area contributed by atoms with Gasteiger partial charge in [-0.25, -0.2) is 0 Å². The summed E-state index contributed by atoms with van der Waals surface area (Å²) in [6.07, 6.45) is 4.03. The van der Waals surface area contributed by atoms with Crippen LogP contribution in [0.3, 0.4) is 0 Å². The van der Waals surface area contributed by atoms with Crippen molar-refractivity contribution in [2.75, 3.05) is 20.1 Å². The van der Waals surface area contributed by atoms with E-state index < -0.39 is 0 Å². The summed E-state index contributed by atoms with van der Waals surface area (Å²) in [6.45, 7) is 3.97. The third kappa shape index (κ3) is 6.32. The number of nitrogens with zero attached hydrogens (tertiary/aromatic N) is 3. The van der Waals surface area contributed by atoms with Crippen LogP contribution in [0.4, 0.5) is 0 Å². The third-order valence-electron chi connectivity index (χ3n) is 4.41. The van der Waals surface area contributed by atoms with Crippen molar-refractivity contribution in [2.24, 2.45) is 4.99 Å². The Labute approximate surface area is 166 Å². The Bertz CT molecular complexity index is 620. The van der Waals surface area contributed by atoms with Crippen molar-refractivity contribution in [1.29, 1.82) is 0 Å². The van der Waals surface area contributed by atoms with Crippen LogP contribution in [-0.2, 0) is 13.1 Å². The van der Waals surface area contributed by atoms with Crippen LogP contribution in [0.15, 0.2) is 47.6 Å². The lowest BCUT2D eigenvalue weighted by Gasteiger charge is -2.33. The minimum atomic E-state index is 0. The monoisotopic (exact) mass is 454 g/mol. The van der Waals surface area contributed by atoms with Gasteiger partial charge in [0.25, 0.3) is 0 Å². The molecule has 0 atom stereocenters. The summed E-state index contributed by atoms with van der Waals surface area (Å²) < 4.78 is 0. The maximum absolute atomic E-state index is 4.31. The molecule has 1 aromatic carbocycles. The molecule has 2 heterocycles. The van der Waals surface area contributed by atoms with Crippen molar-refractivity contribution in [2.45, 2.75) is 32.0 Å². The van der Waals surface area contributed by atoms with E-state index in [1.54, 1.807) is 6.20 Å². The summed E-state index contributed by atoms with van der Waals surface area (Å²) >= 11 is 0. The summed E-state index contributed by atoms with van der Waals surface area (Å²) in [6, 6.07) is 13.1. The number of aromatic amines is 1. The quantitative estimate of drug-likeness (QED) is 0.369. The highest BCUT2D eigenvalue weighted by Crippen LogP contribution is 2.13. The highest BCUT2D eigenvalue weighted by molar-refractivity contribution is 14.0. The molecule has 6 nitrogen and oxygen atoms in total. The summed E-state index contributed by atoms with van der Waals surface area (Å²) in [5.74, 6) is 0.853. The van der Waals surface area contributed by atoms with Crippen LogP contribution < -0.4 is 10.6 Å². The molecule has 25 heavy (non-hydrogen) atoms. The second kappa shape index (κ2) is 10.4. The number of guanidine groups is 1. The van der Waals surface area contributed by atoms with E-state index >= 15 is 0 Å². The first-order valence-electron chi connectivity index (χ1n) is 8.55. The number of aliphatic imine (C=N–C) groups is 1. The van der Waals surface area contributed by atoms with Gasteiger partial charge in [-0.15, -0.1) is 24.0 Å². The predicted molar refractivity (Wildman–Crippen MR) is 112 cm³/mol. The van der Waals surface area contributed by atoms with Crippen LogP contribution in [0.5, 0.6) is 0 Å². The Hall–Kier alpha value is -1.61. The molecule has 1 fully saturated rings. The van der Waals surface area contributed by atoms with Gasteiger partial charge in [-0.3, -0.25) is 15.0 Å². The van der Waals surface area contributed by atoms with E-state index in [1.165, 1.54) is 5.56 Å². The van der Waals surface area contributed by atoms with Gasteiger partial charge in [-0.05, 0) is 24.5 Å². The van der Waals surface area contributed by atoms with Gasteiger partial charge in [0.15, 0.2) is 5.96 Å². The van der Waals surface area contributed by atoms with Crippen LogP contribution in [0.25, 0.3) is 0 Å². The molecule has 2 aromatic rings. The molecular formula is C18H27IN6. The first-order chi connectivity index (χ1) is 11.8. The van der Waals surface area contributed by atoms with Gasteiger partial charge in [0.1, 0.15) is 0 Å². The lowest BCUT2D eigenvalue weighted by atomic mass is 10.0. The van der Waals surface area contributed by atoms with Crippen molar-refractivity contribution >= 4 is 29.9 Å². The SMILES string of the molecule is CN=C(NCc1ccn[nH]1)NC1CCN(Cc2ccccc2)CC1.I. The molecule has 0 bridgehead atoms. The van der Waals surface area contributed by atoms with E-state index in [9.17, 15) is 0 Å². The fourth-order valence-electron chi connectivity index (χ4n) is 3.03. The van der Waals surface area contributed by atoms with E-state index in [0.717, 1.165) is 44.1 Å². The lowest BCUT2D eigenvalue weighted by Crippen LogP contribution is -2.48. The van der Waals surface area contributed by atoms with Crippen molar-refractivity contribution in [3.05, 3.63) is 53.9 Å². The molecule has 7 heteroatoms. The molecule has 136 valence electrons. The molecule has 0 unspecified atom stereocenters. The molecule has 1 aliphatic heterocycles. The van der Waals surface area contributed by atoms with Crippen LogP contribution in [0, 0.1) is 0 Å². The normalized spacial score (nSPS) is 16.3. The number of rotatable bonds is 5. The summed E-state index contributed by atoms with van der Waals surface area (Å²) in [5, 5.41) is 13.8. The molecule has 1 aliphatic rings. The Morgan fingerprint density at radius 3 is 2.64 bits per heavy atom. The highest BCUT2D eigenvalue weighted by atomic mass is 127. The highest BCUT2D eigenvalue weighted by Gasteiger charge is 2.19. The Morgan fingerprint density at radius 2 is 2.00 bits per heavy atom. The van der Waals surface area contributed by atoms with E-state index in [2.05, 4.69) is 61.1 Å². The van der Waals surface area contributed by atoms with Crippen LogP contribution in [0.1, 0.15) is 24.1 Å². The second-order valence-electron chi connectivity index (χ2n) is 6.19. The molecular weight excluding hydrogens is 427 g/mol. The second-order valence-corrected chi connectivity index (χ2v) is 6.19. The zero-order chi connectivity index (χ0) is 16.6. The number of hydrogen-bond acceptors (Lipinski definition) is 3. The molecule has 3 rings (SSSR count). The van der Waals surface area contributed by atoms with E-state index in [-0.39, 0.29) is 24.0 Å². The van der Waals surface area contributed by atoms with Crippen LogP contribution in [-0.4, -0.2) is 47.2 Å². The molecule has 0 radical (unpaired) electrons. The average Bonchev–Trinajstić information content (AvgIpc) is 3.14. The van der Waals surface area contributed by atoms with Gasteiger partial charge in [0.2, 0.25) is 0 Å². The fourth-order valence-corrected chi connectivity index (χ4v) is 3.03. The molecule has 0 amide bonds. The molecule has 0 saturated carbocycles. The van der Waals surface area contributed by atoms with Gasteiger partial charge >= 0.3 is 0 Å². The first kappa shape index (κ1) is 19.7. The minimum Gasteiger partial charge on any atom is -0.354 e. The van der Waals surface area contributed by atoms with Crippen molar-refractivity contribution in [3.63, 3.8) is 0 Å². The van der Waals surface area contributed by atoms with E-state index in [0.29, 0.717) is 12.6 Å². The number of halogens is 1. The lowest BCUT2D eigenvalue weighted by molar-refractivity contribution is 0.198. The van der Waals surface area contributed by atoms with E-state index in [1.807, 2.05) is 13.1 Å². The number of likely N-dealkylation sites (tertiary alicyclic amines) is 1.